The van der Waals surface area contributed by atoms with Gasteiger partial charge in [-0.3, -0.25) is 14.5 Å². The highest BCUT2D eigenvalue weighted by Gasteiger charge is 2.42. The van der Waals surface area contributed by atoms with Crippen molar-refractivity contribution in [2.45, 2.75) is 25.3 Å². The number of amides is 2. The fourth-order valence-electron chi connectivity index (χ4n) is 1.96. The molecule has 2 rings (SSSR count). The third-order valence-corrected chi connectivity index (χ3v) is 2.97. The van der Waals surface area contributed by atoms with E-state index in [0.717, 1.165) is 36.3 Å². The summed E-state index contributed by atoms with van der Waals surface area (Å²) in [6.45, 7) is 0. The number of aliphatic carboxylic acids is 1. The topological polar surface area (TPSA) is 74.7 Å². The van der Waals surface area contributed by atoms with Crippen LogP contribution in [0.15, 0.2) is 12.2 Å². The molecule has 0 aromatic carbocycles. The second-order valence-electron chi connectivity index (χ2n) is 3.85. The quantitative estimate of drug-likeness (QED) is 0.672. The van der Waals surface area contributed by atoms with Crippen LogP contribution in [0.1, 0.15) is 19.3 Å². The van der Waals surface area contributed by atoms with Crippen molar-refractivity contribution >= 4 is 17.8 Å². The van der Waals surface area contributed by atoms with Gasteiger partial charge in [-0.25, -0.2) is 4.79 Å². The normalized spacial score (nSPS) is 23.1. The van der Waals surface area contributed by atoms with E-state index in [0.29, 0.717) is 0 Å². The second-order valence-corrected chi connectivity index (χ2v) is 3.85. The van der Waals surface area contributed by atoms with E-state index in [1.165, 1.54) is 0 Å². The molecule has 0 aromatic heterocycles. The number of imide groups is 1. The standard InChI is InChI=1S/C10H11NO4/c12-7-4-5-8(13)11(7)9(10(14)15)6-2-1-3-6/h4-6,9H,1-3H2,(H,14,15). The van der Waals surface area contributed by atoms with Gasteiger partial charge in [0.2, 0.25) is 0 Å². The fraction of sp³-hybridized carbons (Fsp3) is 0.500. The molecule has 2 aliphatic rings. The Morgan fingerprint density at radius 3 is 2.20 bits per heavy atom. The molecule has 1 heterocycles. The van der Waals surface area contributed by atoms with Gasteiger partial charge in [-0.05, 0) is 18.8 Å². The molecule has 1 atom stereocenters. The summed E-state index contributed by atoms with van der Waals surface area (Å²) in [5.74, 6) is -2.20. The Labute approximate surface area is 86.4 Å². The van der Waals surface area contributed by atoms with Gasteiger partial charge in [0.15, 0.2) is 0 Å². The summed E-state index contributed by atoms with van der Waals surface area (Å²) in [5.41, 5.74) is 0. The Balaban J connectivity index is 2.21. The van der Waals surface area contributed by atoms with Crippen molar-refractivity contribution in [3.05, 3.63) is 12.2 Å². The van der Waals surface area contributed by atoms with Crippen LogP contribution in [-0.2, 0) is 14.4 Å². The maximum atomic E-state index is 11.3. The van der Waals surface area contributed by atoms with E-state index in [2.05, 4.69) is 0 Å². The minimum atomic E-state index is -1.09. The van der Waals surface area contributed by atoms with Crippen LogP contribution in [0, 0.1) is 5.92 Å². The van der Waals surface area contributed by atoms with Gasteiger partial charge >= 0.3 is 5.97 Å². The van der Waals surface area contributed by atoms with Crippen molar-refractivity contribution in [3.8, 4) is 0 Å². The van der Waals surface area contributed by atoms with E-state index in [9.17, 15) is 14.4 Å². The van der Waals surface area contributed by atoms with Gasteiger partial charge in [0.05, 0.1) is 0 Å². The third kappa shape index (κ3) is 1.54. The molecule has 1 aliphatic carbocycles. The van der Waals surface area contributed by atoms with Crippen LogP contribution < -0.4 is 0 Å². The molecular formula is C10H11NO4. The van der Waals surface area contributed by atoms with E-state index in [4.69, 9.17) is 5.11 Å². The first kappa shape index (κ1) is 9.89. The van der Waals surface area contributed by atoms with Gasteiger partial charge in [-0.15, -0.1) is 0 Å². The highest BCUT2D eigenvalue weighted by molar-refractivity contribution is 6.14. The third-order valence-electron chi connectivity index (χ3n) is 2.97. The van der Waals surface area contributed by atoms with Gasteiger partial charge in [0.1, 0.15) is 6.04 Å². The molecule has 5 heteroatoms. The lowest BCUT2D eigenvalue weighted by atomic mass is 9.79. The van der Waals surface area contributed by atoms with Crippen LogP contribution in [0.3, 0.4) is 0 Å². The molecule has 80 valence electrons. The van der Waals surface area contributed by atoms with Crippen molar-refractivity contribution in [1.29, 1.82) is 0 Å². The molecule has 1 saturated carbocycles. The molecule has 1 fully saturated rings. The molecule has 1 N–H and O–H groups in total. The summed E-state index contributed by atoms with van der Waals surface area (Å²) in [4.78, 5) is 34.6. The Hall–Kier alpha value is -1.65. The highest BCUT2D eigenvalue weighted by atomic mass is 16.4. The van der Waals surface area contributed by atoms with E-state index in [1.54, 1.807) is 0 Å². The van der Waals surface area contributed by atoms with Crippen LogP contribution >= 0.6 is 0 Å². The second kappa shape index (κ2) is 3.49. The molecule has 5 nitrogen and oxygen atoms in total. The summed E-state index contributed by atoms with van der Waals surface area (Å²) in [7, 11) is 0. The lowest BCUT2D eigenvalue weighted by molar-refractivity contribution is -0.157. The SMILES string of the molecule is O=C(O)C(C1CCC1)N1C(=O)C=CC1=O. The number of rotatable bonds is 3. The Morgan fingerprint density at radius 2 is 1.87 bits per heavy atom. The van der Waals surface area contributed by atoms with Crippen LogP contribution in [0.5, 0.6) is 0 Å². The Kier molecular flexibility index (Phi) is 2.30. The summed E-state index contributed by atoms with van der Waals surface area (Å²) in [5, 5.41) is 9.03. The van der Waals surface area contributed by atoms with Gasteiger partial charge in [0.25, 0.3) is 11.8 Å². The number of hydrogen-bond donors (Lipinski definition) is 1. The van der Waals surface area contributed by atoms with Gasteiger partial charge < -0.3 is 5.11 Å². The number of carboxylic acid groups (broad SMARTS) is 1. The molecule has 1 aliphatic heterocycles. The molecule has 0 aromatic rings. The van der Waals surface area contributed by atoms with Crippen LogP contribution in [-0.4, -0.2) is 33.8 Å². The zero-order valence-electron chi connectivity index (χ0n) is 8.05. The molecule has 0 bridgehead atoms. The maximum Gasteiger partial charge on any atom is 0.327 e. The lowest BCUT2D eigenvalue weighted by Crippen LogP contribution is -2.51. The zero-order valence-corrected chi connectivity index (χ0v) is 8.05. The Morgan fingerprint density at radius 1 is 1.33 bits per heavy atom. The van der Waals surface area contributed by atoms with Crippen LogP contribution in [0.4, 0.5) is 0 Å². The Bertz CT molecular complexity index is 338. The van der Waals surface area contributed by atoms with E-state index in [1.807, 2.05) is 0 Å². The van der Waals surface area contributed by atoms with E-state index in [-0.39, 0.29) is 5.92 Å². The maximum absolute atomic E-state index is 11.3. The summed E-state index contributed by atoms with van der Waals surface area (Å²) >= 11 is 0. The highest BCUT2D eigenvalue weighted by Crippen LogP contribution is 2.33. The molecule has 15 heavy (non-hydrogen) atoms. The molecule has 2 amide bonds. The van der Waals surface area contributed by atoms with E-state index < -0.39 is 23.8 Å². The van der Waals surface area contributed by atoms with Crippen LogP contribution in [0.2, 0.25) is 0 Å². The summed E-state index contributed by atoms with van der Waals surface area (Å²) in [6, 6.07) is -0.978. The lowest BCUT2D eigenvalue weighted by Gasteiger charge is -2.35. The largest absolute Gasteiger partial charge is 0.480 e. The van der Waals surface area contributed by atoms with Crippen molar-refractivity contribution in [3.63, 3.8) is 0 Å². The number of carbonyl (C=O) groups excluding carboxylic acids is 2. The predicted molar refractivity (Wildman–Crippen MR) is 49.8 cm³/mol. The van der Waals surface area contributed by atoms with Crippen molar-refractivity contribution < 1.29 is 19.5 Å². The minimum absolute atomic E-state index is 0.0738. The average molecular weight is 209 g/mol. The van der Waals surface area contributed by atoms with Crippen molar-refractivity contribution in [2.24, 2.45) is 5.92 Å². The number of hydrogen-bond acceptors (Lipinski definition) is 3. The molecule has 0 spiro atoms. The van der Waals surface area contributed by atoms with Gasteiger partial charge in [0, 0.05) is 12.2 Å². The smallest absolute Gasteiger partial charge is 0.327 e. The molecule has 0 saturated heterocycles. The van der Waals surface area contributed by atoms with Crippen molar-refractivity contribution in [1.82, 2.24) is 4.90 Å². The van der Waals surface area contributed by atoms with Gasteiger partial charge in [-0.2, -0.15) is 0 Å². The molecule has 0 radical (unpaired) electrons. The first-order valence-corrected chi connectivity index (χ1v) is 4.89. The average Bonchev–Trinajstić information content (AvgIpc) is 2.39. The minimum Gasteiger partial charge on any atom is -0.480 e. The van der Waals surface area contributed by atoms with Gasteiger partial charge in [-0.1, -0.05) is 6.42 Å². The zero-order chi connectivity index (χ0) is 11.0. The monoisotopic (exact) mass is 209 g/mol. The first-order valence-electron chi connectivity index (χ1n) is 4.89. The summed E-state index contributed by atoms with van der Waals surface area (Å²) in [6.07, 6.45) is 4.76. The van der Waals surface area contributed by atoms with Crippen molar-refractivity contribution in [2.75, 3.05) is 0 Å². The molecular weight excluding hydrogens is 198 g/mol. The van der Waals surface area contributed by atoms with E-state index >= 15 is 0 Å². The molecule has 1 unspecified atom stereocenters. The summed E-state index contributed by atoms with van der Waals surface area (Å²) < 4.78 is 0. The predicted octanol–water partition coefficient (Wildman–Crippen LogP) is 0.165. The first-order chi connectivity index (χ1) is 7.11. The number of carboxylic acids is 1. The number of nitrogens with zero attached hydrogens (tertiary/aromatic N) is 1. The van der Waals surface area contributed by atoms with Crippen LogP contribution in [0.25, 0.3) is 0 Å². The fourth-order valence-corrected chi connectivity index (χ4v) is 1.96. The number of carbonyl (C=O) groups is 3.